The second-order valence-corrected chi connectivity index (χ2v) is 8.72. The Morgan fingerprint density at radius 1 is 1.19 bits per heavy atom. The van der Waals surface area contributed by atoms with Gasteiger partial charge in [-0.05, 0) is 37.4 Å². The summed E-state index contributed by atoms with van der Waals surface area (Å²) in [6.45, 7) is 2.59. The number of halogens is 2. The number of hydrogen-bond donors (Lipinski definition) is 2. The van der Waals surface area contributed by atoms with Gasteiger partial charge in [0.2, 0.25) is 10.0 Å². The minimum Gasteiger partial charge on any atom is -0.384 e. The third-order valence-electron chi connectivity index (χ3n) is 4.85. The number of fused-ring (bicyclic) bond motifs is 1. The Bertz CT molecular complexity index is 847. The molecule has 1 heterocycles. The van der Waals surface area contributed by atoms with Crippen molar-refractivity contribution in [3.63, 3.8) is 0 Å². The van der Waals surface area contributed by atoms with Crippen LogP contribution in [-0.4, -0.2) is 41.8 Å². The van der Waals surface area contributed by atoms with E-state index in [-0.39, 0.29) is 27.7 Å². The van der Waals surface area contributed by atoms with Crippen LogP contribution in [0.15, 0.2) is 41.3 Å². The van der Waals surface area contributed by atoms with Gasteiger partial charge in [-0.3, -0.25) is 0 Å². The van der Waals surface area contributed by atoms with E-state index in [9.17, 15) is 8.42 Å². The molecule has 1 aliphatic rings. The zero-order chi connectivity index (χ0) is 17.9. The van der Waals surface area contributed by atoms with Gasteiger partial charge < -0.3 is 10.1 Å². The van der Waals surface area contributed by atoms with E-state index >= 15 is 0 Å². The number of benzene rings is 2. The number of hydrogen-bond acceptors (Lipinski definition) is 4. The van der Waals surface area contributed by atoms with Crippen molar-refractivity contribution in [1.82, 2.24) is 10.0 Å². The summed E-state index contributed by atoms with van der Waals surface area (Å²) < 4.78 is 34.2. The van der Waals surface area contributed by atoms with Crippen molar-refractivity contribution >= 4 is 44.8 Å². The van der Waals surface area contributed by atoms with Crippen LogP contribution in [0.4, 0.5) is 0 Å². The molecule has 0 bridgehead atoms. The van der Waals surface area contributed by atoms with E-state index in [1.807, 2.05) is 24.3 Å². The van der Waals surface area contributed by atoms with Crippen molar-refractivity contribution in [3.05, 3.63) is 41.4 Å². The van der Waals surface area contributed by atoms with Gasteiger partial charge in [-0.15, -0.1) is 12.4 Å². The molecule has 1 aliphatic heterocycles. The predicted octanol–water partition coefficient (Wildman–Crippen LogP) is 3.21. The molecule has 5 nitrogen and oxygen atoms in total. The molecule has 8 heteroatoms. The Labute approximate surface area is 165 Å². The predicted molar refractivity (Wildman–Crippen MR) is 108 cm³/mol. The zero-order valence-corrected chi connectivity index (χ0v) is 17.0. The molecule has 0 amide bonds. The van der Waals surface area contributed by atoms with Crippen molar-refractivity contribution in [2.75, 3.05) is 33.4 Å². The molecule has 144 valence electrons. The molecule has 0 aliphatic carbocycles. The maximum absolute atomic E-state index is 13.0. The number of nitrogens with one attached hydrogen (secondary N) is 2. The van der Waals surface area contributed by atoms with Gasteiger partial charge in [0.05, 0.1) is 11.6 Å². The minimum absolute atomic E-state index is 0. The summed E-state index contributed by atoms with van der Waals surface area (Å²) in [6.07, 6.45) is 1.74. The summed E-state index contributed by atoms with van der Waals surface area (Å²) in [5.41, 5.74) is -0.190. The molecule has 2 aromatic carbocycles. The number of sulfonamides is 1. The van der Waals surface area contributed by atoms with Crippen molar-refractivity contribution in [2.24, 2.45) is 5.41 Å². The molecule has 0 spiro atoms. The Morgan fingerprint density at radius 3 is 2.58 bits per heavy atom. The average Bonchev–Trinajstić information content (AvgIpc) is 2.61. The van der Waals surface area contributed by atoms with Crippen LogP contribution < -0.4 is 10.0 Å². The third kappa shape index (κ3) is 4.50. The van der Waals surface area contributed by atoms with E-state index in [2.05, 4.69) is 10.0 Å². The van der Waals surface area contributed by atoms with Gasteiger partial charge in [0, 0.05) is 24.5 Å². The second-order valence-electron chi connectivity index (χ2n) is 6.61. The van der Waals surface area contributed by atoms with Crippen LogP contribution >= 0.6 is 24.0 Å². The standard InChI is InChI=1S/C18H23ClN2O3S.ClH/c1-24-13-18(8-10-20-11-9-18)12-21-25(22,23)17-15-5-3-2-4-14(15)6-7-16(17)19;/h2-7,20-21H,8-13H2,1H3;1H. The highest BCUT2D eigenvalue weighted by molar-refractivity contribution is 7.89. The molecule has 0 unspecified atom stereocenters. The largest absolute Gasteiger partial charge is 0.384 e. The molecule has 1 saturated heterocycles. The monoisotopic (exact) mass is 418 g/mol. The maximum atomic E-state index is 13.0. The highest BCUT2D eigenvalue weighted by Gasteiger charge is 2.34. The topological polar surface area (TPSA) is 67.4 Å². The van der Waals surface area contributed by atoms with Crippen LogP contribution in [0.1, 0.15) is 12.8 Å². The lowest BCUT2D eigenvalue weighted by atomic mass is 9.80. The molecular formula is C18H24Cl2N2O3S. The number of piperidine rings is 1. The summed E-state index contributed by atoms with van der Waals surface area (Å²) in [5, 5.41) is 5.02. The molecule has 0 saturated carbocycles. The molecule has 0 atom stereocenters. The van der Waals surface area contributed by atoms with Crippen molar-refractivity contribution in [3.8, 4) is 0 Å². The van der Waals surface area contributed by atoms with E-state index < -0.39 is 10.0 Å². The van der Waals surface area contributed by atoms with Crippen LogP contribution in [0.3, 0.4) is 0 Å². The second kappa shape index (κ2) is 8.87. The van der Waals surface area contributed by atoms with Crippen LogP contribution in [0.2, 0.25) is 5.02 Å². The molecule has 3 rings (SSSR count). The van der Waals surface area contributed by atoms with Crippen LogP contribution in [0.5, 0.6) is 0 Å². The summed E-state index contributed by atoms with van der Waals surface area (Å²) >= 11 is 6.25. The normalized spacial score (nSPS) is 17.0. The fraction of sp³-hybridized carbons (Fsp3) is 0.444. The van der Waals surface area contributed by atoms with Gasteiger partial charge in [-0.1, -0.05) is 41.9 Å². The first-order valence-electron chi connectivity index (χ1n) is 8.34. The van der Waals surface area contributed by atoms with E-state index in [1.165, 1.54) is 0 Å². The summed E-state index contributed by atoms with van der Waals surface area (Å²) in [5.74, 6) is 0. The van der Waals surface area contributed by atoms with Crippen molar-refractivity contribution in [2.45, 2.75) is 17.7 Å². The fourth-order valence-electron chi connectivity index (χ4n) is 3.45. The molecule has 1 fully saturated rings. The third-order valence-corrected chi connectivity index (χ3v) is 6.78. The van der Waals surface area contributed by atoms with Gasteiger partial charge in [0.1, 0.15) is 4.90 Å². The lowest BCUT2D eigenvalue weighted by Gasteiger charge is -2.37. The lowest BCUT2D eigenvalue weighted by Crippen LogP contribution is -2.47. The SMILES string of the molecule is COCC1(CNS(=O)(=O)c2c(Cl)ccc3ccccc23)CCNCC1.Cl. The number of ether oxygens (including phenoxy) is 1. The Hall–Kier alpha value is -0.890. The summed E-state index contributed by atoms with van der Waals surface area (Å²) in [4.78, 5) is 0.147. The Kier molecular flexibility index (Phi) is 7.30. The summed E-state index contributed by atoms with van der Waals surface area (Å²) in [6, 6.07) is 10.8. The maximum Gasteiger partial charge on any atom is 0.242 e. The van der Waals surface area contributed by atoms with Gasteiger partial charge in [-0.2, -0.15) is 0 Å². The van der Waals surface area contributed by atoms with Crippen molar-refractivity contribution < 1.29 is 13.2 Å². The summed E-state index contributed by atoms with van der Waals surface area (Å²) in [7, 11) is -2.08. The molecule has 0 radical (unpaired) electrons. The van der Waals surface area contributed by atoms with Crippen LogP contribution in [0, 0.1) is 5.41 Å². The quantitative estimate of drug-likeness (QED) is 0.755. The first kappa shape index (κ1) is 21.4. The highest BCUT2D eigenvalue weighted by atomic mass is 35.5. The van der Waals surface area contributed by atoms with Crippen LogP contribution in [-0.2, 0) is 14.8 Å². The van der Waals surface area contributed by atoms with Gasteiger partial charge in [-0.25, -0.2) is 13.1 Å². The molecule has 0 aromatic heterocycles. The van der Waals surface area contributed by atoms with E-state index in [1.54, 1.807) is 19.2 Å². The average molecular weight is 419 g/mol. The molecule has 2 aromatic rings. The lowest BCUT2D eigenvalue weighted by molar-refractivity contribution is 0.0577. The molecular weight excluding hydrogens is 395 g/mol. The Morgan fingerprint density at radius 2 is 1.88 bits per heavy atom. The van der Waals surface area contributed by atoms with E-state index in [4.69, 9.17) is 16.3 Å². The van der Waals surface area contributed by atoms with Gasteiger partial charge in [0.25, 0.3) is 0 Å². The fourth-order valence-corrected chi connectivity index (χ4v) is 5.36. The van der Waals surface area contributed by atoms with Gasteiger partial charge in [0.15, 0.2) is 0 Å². The Balaban J connectivity index is 0.00000243. The first-order chi connectivity index (χ1) is 12.0. The minimum atomic E-state index is -3.73. The number of methoxy groups -OCH3 is 1. The smallest absolute Gasteiger partial charge is 0.242 e. The molecule has 26 heavy (non-hydrogen) atoms. The zero-order valence-electron chi connectivity index (χ0n) is 14.6. The van der Waals surface area contributed by atoms with Crippen molar-refractivity contribution in [1.29, 1.82) is 0 Å². The van der Waals surface area contributed by atoms with E-state index in [0.717, 1.165) is 31.3 Å². The first-order valence-corrected chi connectivity index (χ1v) is 10.2. The van der Waals surface area contributed by atoms with E-state index in [0.29, 0.717) is 18.5 Å². The number of rotatable bonds is 6. The van der Waals surface area contributed by atoms with Gasteiger partial charge >= 0.3 is 0 Å². The molecule has 2 N–H and O–H groups in total. The highest BCUT2D eigenvalue weighted by Crippen LogP contribution is 2.32. The van der Waals surface area contributed by atoms with Crippen LogP contribution in [0.25, 0.3) is 10.8 Å².